The Morgan fingerprint density at radius 3 is 2.22 bits per heavy atom. The molecule has 0 heterocycles. The molecule has 0 aliphatic carbocycles. The number of aliphatic carboxylic acids is 1. The summed E-state index contributed by atoms with van der Waals surface area (Å²) in [6, 6.07) is 0. The summed E-state index contributed by atoms with van der Waals surface area (Å²) in [7, 11) is 0. The van der Waals surface area contributed by atoms with Crippen LogP contribution in [0.1, 0.15) is 26.7 Å². The Kier molecular flexibility index (Phi) is 8.13. The Balaban J connectivity index is 0. The maximum Gasteiger partial charge on any atom is 1.00 e. The molecule has 48 valence electrons. The number of hydrogen-bond donors (Lipinski definition) is 0. The van der Waals surface area contributed by atoms with Gasteiger partial charge in [0.25, 0.3) is 0 Å². The van der Waals surface area contributed by atoms with E-state index in [1.165, 1.54) is 0 Å². The zero-order valence-electron chi connectivity index (χ0n) is 6.31. The number of rotatable bonds is 3. The Morgan fingerprint density at radius 2 is 2.11 bits per heavy atom. The van der Waals surface area contributed by atoms with Crippen molar-refractivity contribution >= 4 is 5.97 Å². The van der Waals surface area contributed by atoms with Crippen LogP contribution in [0, 0.1) is 5.92 Å². The van der Waals surface area contributed by atoms with Gasteiger partial charge in [-0.25, -0.2) is 0 Å². The van der Waals surface area contributed by atoms with Gasteiger partial charge in [-0.05, 0) is 12.3 Å². The Hall–Kier alpha value is 0.0674. The van der Waals surface area contributed by atoms with Crippen LogP contribution in [0.2, 0.25) is 0 Å². The molecule has 0 radical (unpaired) electrons. The van der Waals surface area contributed by atoms with Gasteiger partial charge in [0.1, 0.15) is 0 Å². The molecule has 0 aliphatic heterocycles. The van der Waals surface area contributed by atoms with Crippen LogP contribution in [0.5, 0.6) is 0 Å². The monoisotopic (exact) mass is 122 g/mol. The summed E-state index contributed by atoms with van der Waals surface area (Å²) in [5, 5.41) is 9.98. The normalized spacial score (nSPS) is 11.8. The fourth-order valence-electron chi connectivity index (χ4n) is 0.551. The topological polar surface area (TPSA) is 40.1 Å². The summed E-state index contributed by atoms with van der Waals surface area (Å²) < 4.78 is 0. The molecule has 9 heavy (non-hydrogen) atoms. The quantitative estimate of drug-likeness (QED) is 0.379. The number of carboxylic acid groups (broad SMARTS) is 1. The average molecular weight is 122 g/mol. The van der Waals surface area contributed by atoms with Crippen molar-refractivity contribution in [3.8, 4) is 0 Å². The van der Waals surface area contributed by atoms with Crippen molar-refractivity contribution in [3.05, 3.63) is 0 Å². The van der Waals surface area contributed by atoms with E-state index in [9.17, 15) is 9.90 Å². The zero-order chi connectivity index (χ0) is 6.57. The van der Waals surface area contributed by atoms with Crippen molar-refractivity contribution in [2.75, 3.05) is 0 Å². The molecule has 0 aromatic heterocycles. The van der Waals surface area contributed by atoms with Crippen molar-refractivity contribution < 1.29 is 28.8 Å². The van der Waals surface area contributed by atoms with Crippen molar-refractivity contribution in [2.24, 2.45) is 5.92 Å². The minimum atomic E-state index is -0.938. The summed E-state index contributed by atoms with van der Waals surface area (Å²) >= 11 is 0. The van der Waals surface area contributed by atoms with Gasteiger partial charge in [0.15, 0.2) is 0 Å². The van der Waals surface area contributed by atoms with E-state index in [1.54, 1.807) is 6.92 Å². The number of carboxylic acids is 1. The van der Waals surface area contributed by atoms with Crippen LogP contribution < -0.4 is 24.0 Å². The Morgan fingerprint density at radius 1 is 1.67 bits per heavy atom. The molecule has 0 aromatic carbocycles. The zero-order valence-corrected chi connectivity index (χ0v) is 6.31. The SMILES string of the molecule is CCCC(C)C(=O)[O-].[Li+]. The van der Waals surface area contributed by atoms with Crippen molar-refractivity contribution in [1.29, 1.82) is 0 Å². The van der Waals surface area contributed by atoms with E-state index < -0.39 is 5.97 Å². The molecule has 0 bridgehead atoms. The largest absolute Gasteiger partial charge is 1.00 e. The van der Waals surface area contributed by atoms with Crippen LogP contribution in [0.15, 0.2) is 0 Å². The van der Waals surface area contributed by atoms with Gasteiger partial charge in [-0.2, -0.15) is 0 Å². The third-order valence-electron chi connectivity index (χ3n) is 1.12. The van der Waals surface area contributed by atoms with Crippen LogP contribution in [0.4, 0.5) is 0 Å². The molecular weight excluding hydrogens is 111 g/mol. The summed E-state index contributed by atoms with van der Waals surface area (Å²) in [4.78, 5) is 9.98. The number of hydrogen-bond acceptors (Lipinski definition) is 2. The van der Waals surface area contributed by atoms with Gasteiger partial charge < -0.3 is 9.90 Å². The van der Waals surface area contributed by atoms with E-state index in [4.69, 9.17) is 0 Å². The van der Waals surface area contributed by atoms with Crippen LogP contribution >= 0.6 is 0 Å². The molecule has 0 rings (SSSR count). The summed E-state index contributed by atoms with van der Waals surface area (Å²) in [5.74, 6) is -1.22. The van der Waals surface area contributed by atoms with E-state index in [1.807, 2.05) is 6.92 Å². The van der Waals surface area contributed by atoms with Gasteiger partial charge in [-0.1, -0.05) is 20.3 Å². The van der Waals surface area contributed by atoms with Crippen molar-refractivity contribution in [3.63, 3.8) is 0 Å². The smallest absolute Gasteiger partial charge is 0.550 e. The molecule has 0 spiro atoms. The molecule has 2 nitrogen and oxygen atoms in total. The molecule has 0 N–H and O–H groups in total. The minimum Gasteiger partial charge on any atom is -0.550 e. The number of carbonyl (C=O) groups is 1. The summed E-state index contributed by atoms with van der Waals surface area (Å²) in [5.41, 5.74) is 0. The first-order valence-electron chi connectivity index (χ1n) is 2.89. The van der Waals surface area contributed by atoms with Gasteiger partial charge in [0.05, 0.1) is 0 Å². The van der Waals surface area contributed by atoms with Gasteiger partial charge in [0.2, 0.25) is 0 Å². The maximum absolute atomic E-state index is 9.98. The second kappa shape index (κ2) is 6.19. The van der Waals surface area contributed by atoms with E-state index in [-0.39, 0.29) is 24.8 Å². The molecule has 0 saturated carbocycles. The first-order valence-corrected chi connectivity index (χ1v) is 2.89. The van der Waals surface area contributed by atoms with Crippen LogP contribution in [0.3, 0.4) is 0 Å². The Bertz CT molecular complexity index is 83.1. The molecule has 0 fully saturated rings. The number of carbonyl (C=O) groups excluding carboxylic acids is 1. The maximum atomic E-state index is 9.98. The first kappa shape index (κ1) is 11.8. The second-order valence-electron chi connectivity index (χ2n) is 2.01. The summed E-state index contributed by atoms with van der Waals surface area (Å²) in [6.45, 7) is 3.62. The van der Waals surface area contributed by atoms with Gasteiger partial charge in [0, 0.05) is 5.97 Å². The van der Waals surface area contributed by atoms with Crippen LogP contribution in [0.25, 0.3) is 0 Å². The third-order valence-corrected chi connectivity index (χ3v) is 1.12. The van der Waals surface area contributed by atoms with E-state index in [2.05, 4.69) is 0 Å². The molecular formula is C6H11LiO2. The molecule has 3 heteroatoms. The average Bonchev–Trinajstić information content (AvgIpc) is 1.67. The predicted octanol–water partition coefficient (Wildman–Crippen LogP) is -2.82. The summed E-state index contributed by atoms with van der Waals surface area (Å²) in [6.07, 6.45) is 1.64. The molecule has 0 aromatic rings. The van der Waals surface area contributed by atoms with Gasteiger partial charge in [-0.3, -0.25) is 0 Å². The van der Waals surface area contributed by atoms with Gasteiger partial charge in [-0.15, -0.1) is 0 Å². The van der Waals surface area contributed by atoms with Crippen molar-refractivity contribution in [2.45, 2.75) is 26.7 Å². The third kappa shape index (κ3) is 5.95. The predicted molar refractivity (Wildman–Crippen MR) is 29.1 cm³/mol. The van der Waals surface area contributed by atoms with E-state index >= 15 is 0 Å². The Labute approximate surface area is 67.8 Å². The van der Waals surface area contributed by atoms with Crippen molar-refractivity contribution in [1.82, 2.24) is 0 Å². The van der Waals surface area contributed by atoms with Gasteiger partial charge >= 0.3 is 18.9 Å². The second-order valence-corrected chi connectivity index (χ2v) is 2.01. The standard InChI is InChI=1S/C6H12O2.Li/c1-3-4-5(2)6(7)8;/h5H,3-4H2,1-2H3,(H,7,8);/q;+1/p-1. The molecule has 1 unspecified atom stereocenters. The molecule has 0 amide bonds. The van der Waals surface area contributed by atoms with Crippen LogP contribution in [-0.4, -0.2) is 5.97 Å². The first-order chi connectivity index (χ1) is 3.68. The molecule has 1 atom stereocenters. The fraction of sp³-hybridized carbons (Fsp3) is 0.833. The van der Waals surface area contributed by atoms with E-state index in [0.717, 1.165) is 12.8 Å². The van der Waals surface area contributed by atoms with E-state index in [0.29, 0.717) is 0 Å². The fourth-order valence-corrected chi connectivity index (χ4v) is 0.551. The minimum absolute atomic E-state index is 0. The molecule has 0 aliphatic rings. The van der Waals surface area contributed by atoms with Crippen LogP contribution in [-0.2, 0) is 4.79 Å². The molecule has 0 saturated heterocycles.